The monoisotopic (exact) mass is 285 g/mol. The Hall–Kier alpha value is -2.63. The van der Waals surface area contributed by atoms with Gasteiger partial charge in [-0.15, -0.1) is 0 Å². The van der Waals surface area contributed by atoms with Crippen LogP contribution >= 0.6 is 0 Å². The van der Waals surface area contributed by atoms with Crippen molar-refractivity contribution in [3.8, 4) is 0 Å². The number of nitrogens with one attached hydrogen (secondary N) is 3. The zero-order valence-electron chi connectivity index (χ0n) is 12.1. The Morgan fingerprint density at radius 2 is 2.10 bits per heavy atom. The smallest absolute Gasteiger partial charge is 0.320 e. The summed E-state index contributed by atoms with van der Waals surface area (Å²) in [5.74, 6) is 0.514. The molecule has 0 saturated carbocycles. The molecule has 2 aromatic heterocycles. The quantitative estimate of drug-likeness (QED) is 0.789. The molecule has 0 atom stereocenters. The summed E-state index contributed by atoms with van der Waals surface area (Å²) < 4.78 is 0. The maximum absolute atomic E-state index is 11.5. The van der Waals surface area contributed by atoms with Crippen molar-refractivity contribution in [2.45, 2.75) is 26.4 Å². The first-order valence-electron chi connectivity index (χ1n) is 6.80. The Balaban J connectivity index is 1.86. The number of pyridine rings is 2. The molecule has 0 aromatic carbocycles. The van der Waals surface area contributed by atoms with E-state index in [1.165, 1.54) is 0 Å². The van der Waals surface area contributed by atoms with Gasteiger partial charge in [0.25, 0.3) is 0 Å². The number of anilines is 2. The lowest BCUT2D eigenvalue weighted by molar-refractivity contribution is 0.250. The number of rotatable bonds is 5. The van der Waals surface area contributed by atoms with Crippen LogP contribution in [0.4, 0.5) is 16.3 Å². The largest absolute Gasteiger partial charge is 0.380 e. The van der Waals surface area contributed by atoms with Gasteiger partial charge in [-0.25, -0.2) is 9.78 Å². The van der Waals surface area contributed by atoms with E-state index < -0.39 is 0 Å². The van der Waals surface area contributed by atoms with Crippen LogP contribution in [0.25, 0.3) is 0 Å². The van der Waals surface area contributed by atoms with E-state index in [4.69, 9.17) is 0 Å². The number of aromatic nitrogens is 2. The van der Waals surface area contributed by atoms with Gasteiger partial charge < -0.3 is 10.6 Å². The Bertz CT molecular complexity index is 568. The predicted molar refractivity (Wildman–Crippen MR) is 83.1 cm³/mol. The summed E-state index contributed by atoms with van der Waals surface area (Å²) in [6.45, 7) is 4.48. The van der Waals surface area contributed by atoms with Crippen molar-refractivity contribution in [2.24, 2.45) is 0 Å². The van der Waals surface area contributed by atoms with E-state index in [2.05, 4.69) is 25.9 Å². The van der Waals surface area contributed by atoms with E-state index in [-0.39, 0.29) is 12.1 Å². The Kier molecular flexibility index (Phi) is 5.09. The molecule has 110 valence electrons. The number of nitrogens with zero attached hydrogens (tertiary/aromatic N) is 2. The first-order chi connectivity index (χ1) is 10.1. The van der Waals surface area contributed by atoms with Crippen LogP contribution in [0.3, 0.4) is 0 Å². The normalized spacial score (nSPS) is 10.2. The maximum atomic E-state index is 11.5. The average Bonchev–Trinajstić information content (AvgIpc) is 2.47. The highest BCUT2D eigenvalue weighted by Gasteiger charge is 2.04. The molecule has 0 aliphatic carbocycles. The third kappa shape index (κ3) is 5.10. The minimum Gasteiger partial charge on any atom is -0.380 e. The maximum Gasteiger partial charge on any atom is 0.320 e. The SMILES string of the molecule is CC(C)NC(=O)Nc1ccc(NCc2cccnc2)cn1. The predicted octanol–water partition coefficient (Wildman–Crippen LogP) is 2.62. The van der Waals surface area contributed by atoms with Crippen LogP contribution in [0, 0.1) is 0 Å². The number of hydrogen-bond acceptors (Lipinski definition) is 4. The molecule has 0 bridgehead atoms. The van der Waals surface area contributed by atoms with Gasteiger partial charge in [0.2, 0.25) is 0 Å². The van der Waals surface area contributed by atoms with E-state index in [9.17, 15) is 4.79 Å². The fraction of sp³-hybridized carbons (Fsp3) is 0.267. The fourth-order valence-corrected chi connectivity index (χ4v) is 1.69. The van der Waals surface area contributed by atoms with Gasteiger partial charge in [0, 0.05) is 25.0 Å². The molecule has 0 fully saturated rings. The lowest BCUT2D eigenvalue weighted by Gasteiger charge is -2.10. The number of hydrogen-bond donors (Lipinski definition) is 3. The van der Waals surface area contributed by atoms with Crippen molar-refractivity contribution >= 4 is 17.5 Å². The summed E-state index contributed by atoms with van der Waals surface area (Å²) in [5.41, 5.74) is 1.98. The highest BCUT2D eigenvalue weighted by atomic mass is 16.2. The van der Waals surface area contributed by atoms with Crippen molar-refractivity contribution in [3.63, 3.8) is 0 Å². The number of carbonyl (C=O) groups excluding carboxylic acids is 1. The molecule has 0 saturated heterocycles. The summed E-state index contributed by atoms with van der Waals surface area (Å²) >= 11 is 0. The Morgan fingerprint density at radius 3 is 2.71 bits per heavy atom. The molecule has 0 spiro atoms. The topological polar surface area (TPSA) is 78.9 Å². The highest BCUT2D eigenvalue weighted by molar-refractivity contribution is 5.88. The zero-order chi connectivity index (χ0) is 15.1. The third-order valence-electron chi connectivity index (χ3n) is 2.64. The van der Waals surface area contributed by atoms with Crippen LogP contribution in [-0.2, 0) is 6.54 Å². The van der Waals surface area contributed by atoms with Crippen LogP contribution in [0.2, 0.25) is 0 Å². The summed E-state index contributed by atoms with van der Waals surface area (Å²) in [7, 11) is 0. The van der Waals surface area contributed by atoms with E-state index in [0.29, 0.717) is 12.4 Å². The van der Waals surface area contributed by atoms with Gasteiger partial charge in [0.15, 0.2) is 0 Å². The van der Waals surface area contributed by atoms with E-state index in [1.54, 1.807) is 18.5 Å². The van der Waals surface area contributed by atoms with Crippen molar-refractivity contribution in [2.75, 3.05) is 10.6 Å². The van der Waals surface area contributed by atoms with Crippen LogP contribution in [0.15, 0.2) is 42.9 Å². The first kappa shape index (κ1) is 14.8. The van der Waals surface area contributed by atoms with Crippen LogP contribution in [0.1, 0.15) is 19.4 Å². The molecule has 0 aliphatic rings. The van der Waals surface area contributed by atoms with Crippen LogP contribution in [0.5, 0.6) is 0 Å². The lowest BCUT2D eigenvalue weighted by Crippen LogP contribution is -2.34. The van der Waals surface area contributed by atoms with Gasteiger partial charge in [0.1, 0.15) is 5.82 Å². The highest BCUT2D eigenvalue weighted by Crippen LogP contribution is 2.11. The molecule has 2 aromatic rings. The van der Waals surface area contributed by atoms with E-state index >= 15 is 0 Å². The molecule has 6 nitrogen and oxygen atoms in total. The number of amides is 2. The second-order valence-corrected chi connectivity index (χ2v) is 4.90. The van der Waals surface area contributed by atoms with Crippen LogP contribution in [-0.4, -0.2) is 22.0 Å². The molecular weight excluding hydrogens is 266 g/mol. The minimum atomic E-state index is -0.256. The molecule has 0 unspecified atom stereocenters. The molecule has 2 rings (SSSR count). The zero-order valence-corrected chi connectivity index (χ0v) is 12.1. The molecule has 6 heteroatoms. The number of carbonyl (C=O) groups is 1. The van der Waals surface area contributed by atoms with Gasteiger partial charge >= 0.3 is 6.03 Å². The van der Waals surface area contributed by atoms with Crippen molar-refractivity contribution in [1.82, 2.24) is 15.3 Å². The van der Waals surface area contributed by atoms with Crippen LogP contribution < -0.4 is 16.0 Å². The summed E-state index contributed by atoms with van der Waals surface area (Å²) in [5, 5.41) is 8.66. The van der Waals surface area contributed by atoms with Crippen molar-refractivity contribution in [3.05, 3.63) is 48.4 Å². The third-order valence-corrected chi connectivity index (χ3v) is 2.64. The fourth-order valence-electron chi connectivity index (χ4n) is 1.69. The van der Waals surface area contributed by atoms with Crippen molar-refractivity contribution in [1.29, 1.82) is 0 Å². The minimum absolute atomic E-state index is 0.0884. The molecule has 2 amide bonds. The molecule has 0 aliphatic heterocycles. The van der Waals surface area contributed by atoms with Gasteiger partial charge in [-0.2, -0.15) is 0 Å². The second kappa shape index (κ2) is 7.23. The van der Waals surface area contributed by atoms with Gasteiger partial charge in [0.05, 0.1) is 11.9 Å². The van der Waals surface area contributed by atoms with Gasteiger partial charge in [-0.1, -0.05) is 6.07 Å². The summed E-state index contributed by atoms with van der Waals surface area (Å²) in [4.78, 5) is 19.8. The first-order valence-corrected chi connectivity index (χ1v) is 6.80. The lowest BCUT2D eigenvalue weighted by atomic mass is 10.3. The van der Waals surface area contributed by atoms with Crippen molar-refractivity contribution < 1.29 is 4.79 Å². The number of urea groups is 1. The standard InChI is InChI=1S/C15H19N5O/c1-11(2)19-15(21)20-14-6-5-13(10-18-14)17-9-12-4-3-7-16-8-12/h3-8,10-11,17H,9H2,1-2H3,(H2,18,19,20,21). The van der Waals surface area contributed by atoms with E-state index in [0.717, 1.165) is 11.3 Å². The molecule has 21 heavy (non-hydrogen) atoms. The molecule has 0 radical (unpaired) electrons. The Labute approximate surface area is 124 Å². The molecular formula is C15H19N5O. The summed E-state index contributed by atoms with van der Waals surface area (Å²) in [6.07, 6.45) is 5.24. The Morgan fingerprint density at radius 1 is 1.24 bits per heavy atom. The summed E-state index contributed by atoms with van der Waals surface area (Å²) in [6, 6.07) is 7.36. The molecule has 2 heterocycles. The second-order valence-electron chi connectivity index (χ2n) is 4.90. The van der Waals surface area contributed by atoms with Gasteiger partial charge in [-0.3, -0.25) is 10.3 Å². The average molecular weight is 285 g/mol. The van der Waals surface area contributed by atoms with Gasteiger partial charge in [-0.05, 0) is 37.6 Å². The molecule has 3 N–H and O–H groups in total. The van der Waals surface area contributed by atoms with E-state index in [1.807, 2.05) is 38.2 Å².